The molecule has 0 unspecified atom stereocenters. The minimum absolute atomic E-state index is 0.0156. The van der Waals surface area contributed by atoms with Crippen molar-refractivity contribution in [2.45, 2.75) is 25.4 Å². The molecule has 1 aromatic rings. The number of hydrogen-bond donors (Lipinski definition) is 1. The van der Waals surface area contributed by atoms with Gasteiger partial charge in [-0.05, 0) is 12.5 Å². The van der Waals surface area contributed by atoms with Crippen molar-refractivity contribution >= 4 is 17.5 Å². The fraction of sp³-hybridized carbons (Fsp3) is 0.385. The van der Waals surface area contributed by atoms with Gasteiger partial charge in [-0.15, -0.1) is 0 Å². The molecule has 3 rings (SSSR count). The molecule has 1 saturated heterocycles. The molecule has 2 aliphatic rings. The normalized spacial score (nSPS) is 21.6. The number of nitrogens with one attached hydrogen (secondary N) is 1. The minimum Gasteiger partial charge on any atom is -0.354 e. The van der Waals surface area contributed by atoms with Gasteiger partial charge in [0.15, 0.2) is 0 Å². The smallest absolute Gasteiger partial charge is 0.275 e. The van der Waals surface area contributed by atoms with Gasteiger partial charge >= 0.3 is 0 Å². The van der Waals surface area contributed by atoms with Crippen LogP contribution in [0.3, 0.4) is 0 Å². The van der Waals surface area contributed by atoms with Crippen LogP contribution in [0.5, 0.6) is 0 Å². The van der Waals surface area contributed by atoms with Gasteiger partial charge in [0.05, 0.1) is 28.6 Å². The summed E-state index contributed by atoms with van der Waals surface area (Å²) in [6.45, 7) is 0.651. The molecule has 7 nitrogen and oxygen atoms in total. The summed E-state index contributed by atoms with van der Waals surface area (Å²) in [5, 5.41) is 13.7. The van der Waals surface area contributed by atoms with E-state index in [1.807, 2.05) is 0 Å². The molecule has 0 aliphatic carbocycles. The lowest BCUT2D eigenvalue weighted by Crippen LogP contribution is -2.48. The first-order valence-corrected chi connectivity index (χ1v) is 6.42. The number of piperidine rings is 1. The second-order valence-corrected chi connectivity index (χ2v) is 4.99. The summed E-state index contributed by atoms with van der Waals surface area (Å²) in [5.74, 6) is -0.207. The second-order valence-electron chi connectivity index (χ2n) is 4.99. The molecule has 1 N–H and O–H groups in total. The molecule has 0 radical (unpaired) electrons. The Morgan fingerprint density at radius 3 is 2.80 bits per heavy atom. The Morgan fingerprint density at radius 1 is 1.35 bits per heavy atom. The van der Waals surface area contributed by atoms with Crippen molar-refractivity contribution in [1.82, 2.24) is 10.2 Å². The molecule has 0 aromatic heterocycles. The van der Waals surface area contributed by atoms with Gasteiger partial charge in [0.2, 0.25) is 5.91 Å². The lowest BCUT2D eigenvalue weighted by molar-refractivity contribution is -0.385. The average Bonchev–Trinajstić information content (AvgIpc) is 2.77. The number of fused-ring (bicyclic) bond motifs is 1. The van der Waals surface area contributed by atoms with Gasteiger partial charge < -0.3 is 10.2 Å². The molecule has 0 spiro atoms. The van der Waals surface area contributed by atoms with E-state index in [1.54, 1.807) is 11.0 Å². The molecular weight excluding hydrogens is 262 g/mol. The van der Waals surface area contributed by atoms with E-state index in [4.69, 9.17) is 0 Å². The highest BCUT2D eigenvalue weighted by Gasteiger charge is 2.37. The van der Waals surface area contributed by atoms with E-state index in [-0.39, 0.29) is 30.1 Å². The van der Waals surface area contributed by atoms with Crippen LogP contribution in [0.15, 0.2) is 18.2 Å². The SMILES string of the molecule is O=C1CC[C@H](N2Cc3c(cccc3[N+](=O)[O-])C2=O)CN1. The fourth-order valence-corrected chi connectivity index (χ4v) is 2.79. The van der Waals surface area contributed by atoms with Crippen molar-refractivity contribution < 1.29 is 14.5 Å². The lowest BCUT2D eigenvalue weighted by atomic mass is 10.1. The number of amides is 2. The summed E-state index contributed by atoms with van der Waals surface area (Å²) in [6, 6.07) is 4.47. The first kappa shape index (κ1) is 12.6. The molecule has 7 heteroatoms. The number of benzene rings is 1. The molecule has 2 heterocycles. The number of hydrogen-bond acceptors (Lipinski definition) is 4. The van der Waals surface area contributed by atoms with Gasteiger partial charge in [0, 0.05) is 19.0 Å². The van der Waals surface area contributed by atoms with Crippen LogP contribution in [0.25, 0.3) is 0 Å². The van der Waals surface area contributed by atoms with Crippen molar-refractivity contribution in [2.24, 2.45) is 0 Å². The van der Waals surface area contributed by atoms with Crippen LogP contribution in [0, 0.1) is 10.1 Å². The molecular formula is C13H13N3O4. The van der Waals surface area contributed by atoms with E-state index in [0.29, 0.717) is 30.5 Å². The van der Waals surface area contributed by atoms with Gasteiger partial charge in [-0.3, -0.25) is 19.7 Å². The van der Waals surface area contributed by atoms with E-state index < -0.39 is 4.92 Å². The Kier molecular flexibility index (Phi) is 2.89. The van der Waals surface area contributed by atoms with Crippen LogP contribution >= 0.6 is 0 Å². The van der Waals surface area contributed by atoms with Crippen LogP contribution < -0.4 is 5.32 Å². The third-order valence-corrected chi connectivity index (χ3v) is 3.85. The molecule has 1 fully saturated rings. The number of rotatable bonds is 2. The Bertz CT molecular complexity index is 604. The van der Waals surface area contributed by atoms with Crippen molar-refractivity contribution in [3.05, 3.63) is 39.4 Å². The van der Waals surface area contributed by atoms with Gasteiger partial charge in [0.25, 0.3) is 11.6 Å². The van der Waals surface area contributed by atoms with Crippen molar-refractivity contribution in [3.8, 4) is 0 Å². The fourth-order valence-electron chi connectivity index (χ4n) is 2.79. The number of nitrogens with zero attached hydrogens (tertiary/aromatic N) is 2. The van der Waals surface area contributed by atoms with Crippen molar-refractivity contribution in [3.63, 3.8) is 0 Å². The van der Waals surface area contributed by atoms with E-state index in [1.165, 1.54) is 12.1 Å². The standard InChI is InChI=1S/C13H13N3O4/c17-12-5-4-8(6-14-12)15-7-10-9(13(15)18)2-1-3-11(10)16(19)20/h1-3,8H,4-7H2,(H,14,17)/t8-/m0/s1. The van der Waals surface area contributed by atoms with Gasteiger partial charge in [-0.25, -0.2) is 0 Å². The quantitative estimate of drug-likeness (QED) is 0.639. The molecule has 2 amide bonds. The second kappa shape index (κ2) is 4.59. The topological polar surface area (TPSA) is 92.6 Å². The molecule has 1 atom stereocenters. The van der Waals surface area contributed by atoms with Crippen molar-refractivity contribution in [1.29, 1.82) is 0 Å². The zero-order valence-corrected chi connectivity index (χ0v) is 10.7. The van der Waals surface area contributed by atoms with E-state index in [2.05, 4.69) is 5.32 Å². The van der Waals surface area contributed by atoms with E-state index in [9.17, 15) is 19.7 Å². The Labute approximate surface area is 114 Å². The molecule has 104 valence electrons. The summed E-state index contributed by atoms with van der Waals surface area (Å²) >= 11 is 0. The number of nitro groups is 1. The lowest BCUT2D eigenvalue weighted by Gasteiger charge is -2.30. The third kappa shape index (κ3) is 1.91. The van der Waals surface area contributed by atoms with Crippen LogP contribution in [-0.4, -0.2) is 34.2 Å². The summed E-state index contributed by atoms with van der Waals surface area (Å²) in [5.41, 5.74) is 0.855. The Balaban J connectivity index is 1.89. The number of carbonyl (C=O) groups excluding carboxylic acids is 2. The molecule has 20 heavy (non-hydrogen) atoms. The monoisotopic (exact) mass is 275 g/mol. The largest absolute Gasteiger partial charge is 0.354 e. The van der Waals surface area contributed by atoms with E-state index >= 15 is 0 Å². The Morgan fingerprint density at radius 2 is 2.15 bits per heavy atom. The Hall–Kier alpha value is -2.44. The molecule has 0 bridgehead atoms. The number of nitro benzene ring substituents is 1. The highest BCUT2D eigenvalue weighted by molar-refractivity contribution is 5.99. The predicted molar refractivity (Wildman–Crippen MR) is 69.0 cm³/mol. The number of carbonyl (C=O) groups is 2. The molecule has 1 aromatic carbocycles. The summed E-state index contributed by atoms with van der Waals surface area (Å²) in [6.07, 6.45) is 0.978. The first-order chi connectivity index (χ1) is 9.58. The van der Waals surface area contributed by atoms with Gasteiger partial charge in [0.1, 0.15) is 0 Å². The highest BCUT2D eigenvalue weighted by atomic mass is 16.6. The highest BCUT2D eigenvalue weighted by Crippen LogP contribution is 2.32. The molecule has 2 aliphatic heterocycles. The maximum Gasteiger partial charge on any atom is 0.275 e. The van der Waals surface area contributed by atoms with E-state index in [0.717, 1.165) is 0 Å². The zero-order valence-electron chi connectivity index (χ0n) is 10.7. The van der Waals surface area contributed by atoms with Gasteiger partial charge in [-0.2, -0.15) is 0 Å². The summed E-state index contributed by atoms with van der Waals surface area (Å²) in [7, 11) is 0. The maximum atomic E-state index is 12.3. The summed E-state index contributed by atoms with van der Waals surface area (Å²) in [4.78, 5) is 35.7. The van der Waals surface area contributed by atoms with Gasteiger partial charge in [-0.1, -0.05) is 6.07 Å². The van der Waals surface area contributed by atoms with Crippen LogP contribution in [0.1, 0.15) is 28.8 Å². The van der Waals surface area contributed by atoms with Crippen LogP contribution in [0.2, 0.25) is 0 Å². The predicted octanol–water partition coefficient (Wildman–Crippen LogP) is 0.829. The first-order valence-electron chi connectivity index (χ1n) is 6.42. The third-order valence-electron chi connectivity index (χ3n) is 3.85. The maximum absolute atomic E-state index is 12.3. The van der Waals surface area contributed by atoms with Crippen LogP contribution in [0.4, 0.5) is 5.69 Å². The minimum atomic E-state index is -0.460. The van der Waals surface area contributed by atoms with Crippen molar-refractivity contribution in [2.75, 3.05) is 6.54 Å². The van der Waals surface area contributed by atoms with Crippen LogP contribution in [-0.2, 0) is 11.3 Å². The molecule has 0 saturated carbocycles. The summed E-state index contributed by atoms with van der Waals surface area (Å²) < 4.78 is 0. The zero-order chi connectivity index (χ0) is 14.3. The average molecular weight is 275 g/mol.